The summed E-state index contributed by atoms with van der Waals surface area (Å²) in [5, 5.41) is 12.9. The number of rotatable bonds is 3. The third kappa shape index (κ3) is 3.20. The van der Waals surface area contributed by atoms with Crippen molar-refractivity contribution < 1.29 is 0 Å². The Balaban J connectivity index is 1.73. The molecule has 2 aliphatic rings. The van der Waals surface area contributed by atoms with Gasteiger partial charge in [0.05, 0.1) is 5.56 Å². The summed E-state index contributed by atoms with van der Waals surface area (Å²) < 4.78 is 0. The van der Waals surface area contributed by atoms with Gasteiger partial charge in [-0.25, -0.2) is 4.98 Å². The molecule has 3 rings (SSSR count). The lowest BCUT2D eigenvalue weighted by Crippen LogP contribution is -2.25. The molecule has 2 atom stereocenters. The van der Waals surface area contributed by atoms with E-state index in [4.69, 9.17) is 4.98 Å². The van der Waals surface area contributed by atoms with E-state index in [1.54, 1.807) is 0 Å². The quantitative estimate of drug-likeness (QED) is 0.909. The number of nitrogens with zero attached hydrogens (tertiary/aromatic N) is 2. The molecule has 2 aliphatic carbocycles. The summed E-state index contributed by atoms with van der Waals surface area (Å²) in [7, 11) is 0. The van der Waals surface area contributed by atoms with Crippen molar-refractivity contribution in [3.63, 3.8) is 0 Å². The van der Waals surface area contributed by atoms with Crippen LogP contribution in [-0.2, 0) is 12.8 Å². The van der Waals surface area contributed by atoms with Crippen LogP contribution in [0.3, 0.4) is 0 Å². The SMILES string of the molecule is CC1CCCCC1CNc1nc2c(cc1C#N)CCCC2. The lowest BCUT2D eigenvalue weighted by Gasteiger charge is -2.29. The first kappa shape index (κ1) is 14.4. The zero-order chi connectivity index (χ0) is 14.7. The molecule has 2 unspecified atom stereocenters. The van der Waals surface area contributed by atoms with Crippen LogP contribution in [0.25, 0.3) is 0 Å². The zero-order valence-corrected chi connectivity index (χ0v) is 13.0. The van der Waals surface area contributed by atoms with E-state index < -0.39 is 0 Å². The first-order valence-corrected chi connectivity index (χ1v) is 8.44. The molecule has 3 heteroatoms. The minimum absolute atomic E-state index is 0.721. The third-order valence-electron chi connectivity index (χ3n) is 5.24. The Hall–Kier alpha value is -1.56. The molecule has 1 fully saturated rings. The topological polar surface area (TPSA) is 48.7 Å². The molecule has 1 aromatic heterocycles. The number of anilines is 1. The summed E-state index contributed by atoms with van der Waals surface area (Å²) in [6.45, 7) is 3.32. The standard InChI is InChI=1S/C18H25N3/c1-13-6-2-3-8-15(13)12-20-18-16(11-19)10-14-7-4-5-9-17(14)21-18/h10,13,15H,2-9,12H2,1H3,(H,20,21). The van der Waals surface area contributed by atoms with Gasteiger partial charge in [-0.1, -0.05) is 26.2 Å². The number of hydrogen-bond donors (Lipinski definition) is 1. The number of aromatic nitrogens is 1. The normalized spacial score (nSPS) is 25.0. The molecule has 0 saturated heterocycles. The van der Waals surface area contributed by atoms with Gasteiger partial charge in [-0.15, -0.1) is 0 Å². The molecular formula is C18H25N3. The van der Waals surface area contributed by atoms with E-state index in [0.717, 1.165) is 42.6 Å². The molecule has 1 aromatic rings. The third-order valence-corrected chi connectivity index (χ3v) is 5.24. The van der Waals surface area contributed by atoms with Crippen LogP contribution >= 0.6 is 0 Å². The highest BCUT2D eigenvalue weighted by atomic mass is 15.0. The first-order chi connectivity index (χ1) is 10.3. The van der Waals surface area contributed by atoms with Crippen LogP contribution in [0.5, 0.6) is 0 Å². The molecule has 0 radical (unpaired) electrons. The van der Waals surface area contributed by atoms with Crippen LogP contribution in [-0.4, -0.2) is 11.5 Å². The summed E-state index contributed by atoms with van der Waals surface area (Å²) in [5.74, 6) is 2.33. The van der Waals surface area contributed by atoms with Crippen LogP contribution in [0.1, 0.15) is 62.3 Å². The number of fused-ring (bicyclic) bond motifs is 1. The van der Waals surface area contributed by atoms with Crippen molar-refractivity contribution in [1.82, 2.24) is 4.98 Å². The monoisotopic (exact) mass is 283 g/mol. The zero-order valence-electron chi connectivity index (χ0n) is 13.0. The van der Waals surface area contributed by atoms with Gasteiger partial charge in [0.25, 0.3) is 0 Å². The van der Waals surface area contributed by atoms with Gasteiger partial charge in [0.2, 0.25) is 0 Å². The second-order valence-corrected chi connectivity index (χ2v) is 6.71. The number of aryl methyl sites for hydroxylation is 2. The molecule has 1 N–H and O–H groups in total. The van der Waals surface area contributed by atoms with Gasteiger partial charge in [-0.05, 0) is 55.6 Å². The number of hydrogen-bond acceptors (Lipinski definition) is 3. The predicted molar refractivity (Wildman–Crippen MR) is 85.2 cm³/mol. The fraction of sp³-hybridized carbons (Fsp3) is 0.667. The molecule has 1 heterocycles. The number of pyridine rings is 1. The van der Waals surface area contributed by atoms with Gasteiger partial charge in [-0.3, -0.25) is 0 Å². The second-order valence-electron chi connectivity index (χ2n) is 6.71. The lowest BCUT2D eigenvalue weighted by atomic mass is 9.80. The summed E-state index contributed by atoms with van der Waals surface area (Å²) in [4.78, 5) is 4.76. The Labute approximate surface area is 127 Å². The Morgan fingerprint density at radius 2 is 2.05 bits per heavy atom. The van der Waals surface area contributed by atoms with E-state index in [0.29, 0.717) is 0 Å². The van der Waals surface area contributed by atoms with Gasteiger partial charge < -0.3 is 5.32 Å². The summed E-state index contributed by atoms with van der Waals surface area (Å²) in [6, 6.07) is 4.38. The van der Waals surface area contributed by atoms with Crippen LogP contribution in [0, 0.1) is 23.2 Å². The molecule has 1 saturated carbocycles. The van der Waals surface area contributed by atoms with Crippen molar-refractivity contribution in [3.8, 4) is 6.07 Å². The summed E-state index contributed by atoms with van der Waals surface area (Å²) >= 11 is 0. The minimum atomic E-state index is 0.721. The molecular weight excluding hydrogens is 258 g/mol. The second kappa shape index (κ2) is 6.47. The largest absolute Gasteiger partial charge is 0.369 e. The Kier molecular flexibility index (Phi) is 4.43. The highest BCUT2D eigenvalue weighted by Gasteiger charge is 2.22. The van der Waals surface area contributed by atoms with Crippen molar-refractivity contribution in [2.24, 2.45) is 11.8 Å². The Morgan fingerprint density at radius 1 is 1.24 bits per heavy atom. The van der Waals surface area contributed by atoms with E-state index in [2.05, 4.69) is 24.4 Å². The molecule has 21 heavy (non-hydrogen) atoms. The average molecular weight is 283 g/mol. The van der Waals surface area contributed by atoms with E-state index in [9.17, 15) is 5.26 Å². The minimum Gasteiger partial charge on any atom is -0.369 e. The van der Waals surface area contributed by atoms with Crippen molar-refractivity contribution >= 4 is 5.82 Å². The van der Waals surface area contributed by atoms with Crippen LogP contribution < -0.4 is 5.32 Å². The maximum absolute atomic E-state index is 9.38. The van der Waals surface area contributed by atoms with E-state index in [1.165, 1.54) is 49.8 Å². The van der Waals surface area contributed by atoms with Gasteiger partial charge >= 0.3 is 0 Å². The molecule has 112 valence electrons. The van der Waals surface area contributed by atoms with Gasteiger partial charge in [0, 0.05) is 12.2 Å². The van der Waals surface area contributed by atoms with Crippen molar-refractivity contribution in [1.29, 1.82) is 5.26 Å². The summed E-state index contributed by atoms with van der Waals surface area (Å²) in [5.41, 5.74) is 3.22. The molecule has 0 amide bonds. The molecule has 0 aromatic carbocycles. The van der Waals surface area contributed by atoms with Crippen molar-refractivity contribution in [2.75, 3.05) is 11.9 Å². The van der Waals surface area contributed by atoms with Crippen LogP contribution in [0.4, 0.5) is 5.82 Å². The van der Waals surface area contributed by atoms with Gasteiger partial charge in [0.1, 0.15) is 11.9 Å². The fourth-order valence-corrected chi connectivity index (χ4v) is 3.78. The molecule has 3 nitrogen and oxygen atoms in total. The first-order valence-electron chi connectivity index (χ1n) is 8.44. The molecule has 0 spiro atoms. The molecule has 0 aliphatic heterocycles. The van der Waals surface area contributed by atoms with Crippen molar-refractivity contribution in [2.45, 2.75) is 58.3 Å². The average Bonchev–Trinajstić information content (AvgIpc) is 2.53. The van der Waals surface area contributed by atoms with E-state index in [1.807, 2.05) is 0 Å². The maximum atomic E-state index is 9.38. The van der Waals surface area contributed by atoms with E-state index >= 15 is 0 Å². The Bertz CT molecular complexity index is 544. The fourth-order valence-electron chi connectivity index (χ4n) is 3.78. The van der Waals surface area contributed by atoms with E-state index in [-0.39, 0.29) is 0 Å². The van der Waals surface area contributed by atoms with Crippen LogP contribution in [0.2, 0.25) is 0 Å². The molecule has 0 bridgehead atoms. The maximum Gasteiger partial charge on any atom is 0.144 e. The lowest BCUT2D eigenvalue weighted by molar-refractivity contribution is 0.268. The highest BCUT2D eigenvalue weighted by molar-refractivity contribution is 5.54. The number of nitriles is 1. The predicted octanol–water partition coefficient (Wildman–Crippen LogP) is 4.07. The van der Waals surface area contributed by atoms with Gasteiger partial charge in [-0.2, -0.15) is 5.26 Å². The smallest absolute Gasteiger partial charge is 0.144 e. The Morgan fingerprint density at radius 3 is 2.86 bits per heavy atom. The summed E-state index contributed by atoms with van der Waals surface area (Å²) in [6.07, 6.45) is 9.97. The van der Waals surface area contributed by atoms with Crippen LogP contribution in [0.15, 0.2) is 6.07 Å². The highest BCUT2D eigenvalue weighted by Crippen LogP contribution is 2.30. The van der Waals surface area contributed by atoms with Gasteiger partial charge in [0.15, 0.2) is 0 Å². The van der Waals surface area contributed by atoms with Crippen molar-refractivity contribution in [3.05, 3.63) is 22.9 Å². The number of nitrogens with one attached hydrogen (secondary N) is 1.